The van der Waals surface area contributed by atoms with Crippen LogP contribution in [0.5, 0.6) is 11.5 Å². The lowest BCUT2D eigenvalue weighted by Gasteiger charge is -2.41. The Kier molecular flexibility index (Phi) is 5.99. The molecular weight excluding hydrogens is 392 g/mol. The van der Waals surface area contributed by atoms with Gasteiger partial charge in [-0.05, 0) is 69.6 Å². The maximum absolute atomic E-state index is 13.3. The molecule has 0 unspecified atom stereocenters. The van der Waals surface area contributed by atoms with Gasteiger partial charge >= 0.3 is 0 Å². The molecule has 1 saturated carbocycles. The summed E-state index contributed by atoms with van der Waals surface area (Å²) in [6, 6.07) is 6.23. The van der Waals surface area contributed by atoms with Crippen LogP contribution in [0, 0.1) is 11.8 Å². The van der Waals surface area contributed by atoms with Gasteiger partial charge in [-0.15, -0.1) is 0 Å². The first-order chi connectivity index (χ1) is 15.2. The zero-order chi connectivity index (χ0) is 21.2. The molecule has 5 rings (SSSR count). The van der Waals surface area contributed by atoms with Crippen molar-refractivity contribution < 1.29 is 19.0 Å². The molecule has 166 valence electrons. The number of allylic oxidation sites excluding steroid dienone is 2. The van der Waals surface area contributed by atoms with E-state index in [4.69, 9.17) is 19.3 Å². The predicted octanol–water partition coefficient (Wildman–Crippen LogP) is 4.32. The van der Waals surface area contributed by atoms with Gasteiger partial charge in [-0.1, -0.05) is 12.2 Å². The molecule has 2 atom stereocenters. The summed E-state index contributed by atoms with van der Waals surface area (Å²) < 4.78 is 17.4. The molecule has 2 heterocycles. The van der Waals surface area contributed by atoms with Gasteiger partial charge < -0.3 is 14.2 Å². The van der Waals surface area contributed by atoms with Crippen LogP contribution >= 0.6 is 0 Å². The monoisotopic (exact) mass is 424 g/mol. The normalized spacial score (nSPS) is 27.2. The molecule has 0 N–H and O–H groups in total. The SMILES string of the molecule is COc1ccc(C2=NN(C3CCOCC3)C(=O)[C@H]3CC=CC[C@@H]23)cc1OC1CCCC1. The van der Waals surface area contributed by atoms with Crippen molar-refractivity contribution in [2.75, 3.05) is 20.3 Å². The third-order valence-electron chi connectivity index (χ3n) is 7.13. The van der Waals surface area contributed by atoms with Crippen LogP contribution in [0.1, 0.15) is 56.9 Å². The summed E-state index contributed by atoms with van der Waals surface area (Å²) in [6.45, 7) is 1.38. The number of nitrogens with zero attached hydrogens (tertiary/aromatic N) is 2. The molecule has 6 heteroatoms. The number of rotatable bonds is 5. The molecule has 0 aromatic heterocycles. The number of amides is 1. The molecule has 1 amide bonds. The van der Waals surface area contributed by atoms with Crippen molar-refractivity contribution in [1.82, 2.24) is 5.01 Å². The van der Waals surface area contributed by atoms with Crippen LogP contribution in [0.2, 0.25) is 0 Å². The van der Waals surface area contributed by atoms with Crippen LogP contribution in [-0.2, 0) is 9.53 Å². The molecule has 1 aromatic carbocycles. The summed E-state index contributed by atoms with van der Waals surface area (Å²) in [5.41, 5.74) is 2.03. The van der Waals surface area contributed by atoms with E-state index < -0.39 is 0 Å². The number of ether oxygens (including phenoxy) is 3. The first-order valence-corrected chi connectivity index (χ1v) is 11.7. The highest BCUT2D eigenvalue weighted by molar-refractivity contribution is 6.07. The summed E-state index contributed by atoms with van der Waals surface area (Å²) in [5.74, 6) is 1.78. The third kappa shape index (κ3) is 4.10. The van der Waals surface area contributed by atoms with E-state index in [-0.39, 0.29) is 29.9 Å². The maximum atomic E-state index is 13.3. The number of hydrogen-bond donors (Lipinski definition) is 0. The highest BCUT2D eigenvalue weighted by Gasteiger charge is 2.42. The Morgan fingerprint density at radius 2 is 1.74 bits per heavy atom. The van der Waals surface area contributed by atoms with Gasteiger partial charge in [-0.3, -0.25) is 4.79 Å². The van der Waals surface area contributed by atoms with Gasteiger partial charge in [0.15, 0.2) is 11.5 Å². The number of benzene rings is 1. The van der Waals surface area contributed by atoms with Crippen molar-refractivity contribution in [2.45, 2.75) is 63.5 Å². The van der Waals surface area contributed by atoms with Crippen molar-refractivity contribution in [2.24, 2.45) is 16.9 Å². The minimum atomic E-state index is -0.0401. The number of hydrazone groups is 1. The Labute approximate surface area is 184 Å². The third-order valence-corrected chi connectivity index (χ3v) is 7.13. The highest BCUT2D eigenvalue weighted by atomic mass is 16.5. The minimum Gasteiger partial charge on any atom is -0.493 e. The number of carbonyl (C=O) groups excluding carboxylic acids is 1. The zero-order valence-electron chi connectivity index (χ0n) is 18.3. The average Bonchev–Trinajstić information content (AvgIpc) is 3.33. The second-order valence-corrected chi connectivity index (χ2v) is 9.06. The van der Waals surface area contributed by atoms with Crippen molar-refractivity contribution >= 4 is 11.6 Å². The number of hydrogen-bond acceptors (Lipinski definition) is 5. The summed E-state index contributed by atoms with van der Waals surface area (Å²) in [6.07, 6.45) is 12.5. The Hall–Kier alpha value is -2.34. The smallest absolute Gasteiger partial charge is 0.247 e. The standard InChI is InChI=1S/C25H32N2O4/c1-29-22-11-10-17(16-23(22)31-19-6-2-3-7-19)24-20-8-4-5-9-21(20)25(28)27(26-24)18-12-14-30-15-13-18/h4-5,10-11,16,18-21H,2-3,6-9,12-15H2,1H3/t20-,21+/m1/s1. The molecule has 1 saturated heterocycles. The number of fused-ring (bicyclic) bond motifs is 1. The van der Waals surface area contributed by atoms with Crippen LogP contribution in [-0.4, -0.2) is 49.1 Å². The topological polar surface area (TPSA) is 60.4 Å². The lowest BCUT2D eigenvalue weighted by Crippen LogP contribution is -2.50. The van der Waals surface area contributed by atoms with Gasteiger partial charge in [0.1, 0.15) is 0 Å². The van der Waals surface area contributed by atoms with Gasteiger partial charge in [0.2, 0.25) is 5.91 Å². The molecule has 4 aliphatic rings. The number of methoxy groups -OCH3 is 1. The van der Waals surface area contributed by atoms with Gasteiger partial charge in [-0.25, -0.2) is 5.01 Å². The van der Waals surface area contributed by atoms with Crippen molar-refractivity contribution in [1.29, 1.82) is 0 Å². The molecule has 2 aliphatic carbocycles. The zero-order valence-corrected chi connectivity index (χ0v) is 18.3. The number of carbonyl (C=O) groups is 1. The van der Waals surface area contributed by atoms with Crippen LogP contribution in [0.15, 0.2) is 35.5 Å². The maximum Gasteiger partial charge on any atom is 0.247 e. The largest absolute Gasteiger partial charge is 0.493 e. The van der Waals surface area contributed by atoms with Crippen molar-refractivity contribution in [3.05, 3.63) is 35.9 Å². The van der Waals surface area contributed by atoms with E-state index >= 15 is 0 Å². The van der Waals surface area contributed by atoms with Gasteiger partial charge in [0.25, 0.3) is 0 Å². The predicted molar refractivity (Wildman–Crippen MR) is 118 cm³/mol. The Morgan fingerprint density at radius 3 is 2.48 bits per heavy atom. The summed E-state index contributed by atoms with van der Waals surface area (Å²) in [4.78, 5) is 13.3. The fraction of sp³-hybridized carbons (Fsp3) is 0.600. The molecule has 2 fully saturated rings. The van der Waals surface area contributed by atoms with E-state index in [1.54, 1.807) is 12.1 Å². The van der Waals surface area contributed by atoms with Crippen molar-refractivity contribution in [3.8, 4) is 11.5 Å². The second-order valence-electron chi connectivity index (χ2n) is 9.06. The Morgan fingerprint density at radius 1 is 1.00 bits per heavy atom. The lowest BCUT2D eigenvalue weighted by molar-refractivity contribution is -0.142. The molecule has 1 aromatic rings. The highest BCUT2D eigenvalue weighted by Crippen LogP contribution is 2.39. The molecule has 31 heavy (non-hydrogen) atoms. The van der Waals surface area contributed by atoms with Gasteiger partial charge in [0.05, 0.1) is 30.9 Å². The van der Waals surface area contributed by atoms with Crippen LogP contribution in [0.4, 0.5) is 0 Å². The van der Waals surface area contributed by atoms with Crippen LogP contribution in [0.25, 0.3) is 0 Å². The lowest BCUT2D eigenvalue weighted by atomic mass is 9.76. The van der Waals surface area contributed by atoms with Gasteiger partial charge in [-0.2, -0.15) is 5.10 Å². The van der Waals surface area contributed by atoms with E-state index in [0.29, 0.717) is 13.2 Å². The fourth-order valence-electron chi connectivity index (χ4n) is 5.38. The Bertz CT molecular complexity index is 868. The second kappa shape index (κ2) is 9.03. The van der Waals surface area contributed by atoms with Crippen LogP contribution in [0.3, 0.4) is 0 Å². The molecule has 0 spiro atoms. The Balaban J connectivity index is 1.51. The van der Waals surface area contributed by atoms with E-state index in [1.807, 2.05) is 6.07 Å². The molecule has 2 aliphatic heterocycles. The van der Waals surface area contributed by atoms with Crippen molar-refractivity contribution in [3.63, 3.8) is 0 Å². The summed E-state index contributed by atoms with van der Waals surface area (Å²) >= 11 is 0. The molecule has 0 radical (unpaired) electrons. The van der Waals surface area contributed by atoms with E-state index in [1.165, 1.54) is 12.8 Å². The first-order valence-electron chi connectivity index (χ1n) is 11.7. The fourth-order valence-corrected chi connectivity index (χ4v) is 5.38. The van der Waals surface area contributed by atoms with E-state index in [2.05, 4.69) is 24.3 Å². The first kappa shape index (κ1) is 20.6. The van der Waals surface area contributed by atoms with E-state index in [0.717, 1.165) is 61.3 Å². The average molecular weight is 425 g/mol. The summed E-state index contributed by atoms with van der Waals surface area (Å²) in [5, 5.41) is 6.76. The van der Waals surface area contributed by atoms with Gasteiger partial charge in [0, 0.05) is 24.7 Å². The van der Waals surface area contributed by atoms with E-state index in [9.17, 15) is 4.79 Å². The quantitative estimate of drug-likeness (QED) is 0.661. The minimum absolute atomic E-state index is 0.0401. The molecule has 0 bridgehead atoms. The summed E-state index contributed by atoms with van der Waals surface area (Å²) in [7, 11) is 1.68. The molecular formula is C25H32N2O4. The molecule has 6 nitrogen and oxygen atoms in total. The van der Waals surface area contributed by atoms with Crippen LogP contribution < -0.4 is 9.47 Å².